The summed E-state index contributed by atoms with van der Waals surface area (Å²) in [4.78, 5) is 26.0. The van der Waals surface area contributed by atoms with E-state index >= 15 is 0 Å². The first-order valence-corrected chi connectivity index (χ1v) is 13.6. The summed E-state index contributed by atoms with van der Waals surface area (Å²) in [5.41, 5.74) is 2.18. The van der Waals surface area contributed by atoms with Crippen molar-refractivity contribution in [3.63, 3.8) is 0 Å². The van der Waals surface area contributed by atoms with Gasteiger partial charge in [-0.2, -0.15) is 0 Å². The summed E-state index contributed by atoms with van der Waals surface area (Å²) in [6, 6.07) is 7.81. The lowest BCUT2D eigenvalue weighted by molar-refractivity contribution is -0.113. The van der Waals surface area contributed by atoms with Crippen LogP contribution in [0.1, 0.15) is 54.4 Å². The summed E-state index contributed by atoms with van der Waals surface area (Å²) in [6.45, 7) is 11.3. The van der Waals surface area contributed by atoms with Gasteiger partial charge >= 0.3 is 5.97 Å². The lowest BCUT2D eigenvalue weighted by atomic mass is 10.1. The highest BCUT2D eigenvalue weighted by atomic mass is 32.2. The third kappa shape index (κ3) is 6.64. The zero-order valence-electron chi connectivity index (χ0n) is 20.8. The molecule has 1 amide bonds. The summed E-state index contributed by atoms with van der Waals surface area (Å²) < 4.78 is 12.9. The lowest BCUT2D eigenvalue weighted by Crippen LogP contribution is -2.17. The average Bonchev–Trinajstić information content (AvgIpc) is 3.38. The van der Waals surface area contributed by atoms with Crippen LogP contribution in [0.3, 0.4) is 0 Å². The van der Waals surface area contributed by atoms with E-state index in [2.05, 4.69) is 22.4 Å². The van der Waals surface area contributed by atoms with Crippen molar-refractivity contribution in [2.75, 3.05) is 24.3 Å². The van der Waals surface area contributed by atoms with E-state index in [0.29, 0.717) is 28.9 Å². The Morgan fingerprint density at radius 3 is 2.51 bits per heavy atom. The number of aryl methyl sites for hydroxylation is 1. The van der Waals surface area contributed by atoms with E-state index in [4.69, 9.17) is 9.47 Å². The number of nitrogens with one attached hydrogen (secondary N) is 1. The molecule has 1 N–H and O–H groups in total. The van der Waals surface area contributed by atoms with E-state index in [0.717, 1.165) is 40.4 Å². The topological polar surface area (TPSA) is 95.3 Å². The Hall–Kier alpha value is -2.85. The first-order chi connectivity index (χ1) is 16.9. The molecule has 0 saturated carbocycles. The van der Waals surface area contributed by atoms with Crippen LogP contribution < -0.4 is 10.1 Å². The Bertz CT molecular complexity index is 1160. The molecule has 0 atom stereocenters. The van der Waals surface area contributed by atoms with E-state index in [1.54, 1.807) is 6.92 Å². The third-order valence-corrected chi connectivity index (χ3v) is 7.45. The van der Waals surface area contributed by atoms with Crippen LogP contribution in [0.4, 0.5) is 5.00 Å². The van der Waals surface area contributed by atoms with Crippen LogP contribution in [0.2, 0.25) is 0 Å². The Morgan fingerprint density at radius 2 is 1.86 bits per heavy atom. The second-order valence-electron chi connectivity index (χ2n) is 7.82. The Balaban J connectivity index is 1.67. The highest BCUT2D eigenvalue weighted by Crippen LogP contribution is 2.33. The fourth-order valence-corrected chi connectivity index (χ4v) is 5.25. The number of amides is 1. The molecular formula is C25H32N4O4S2. The maximum absolute atomic E-state index is 12.7. The predicted molar refractivity (Wildman–Crippen MR) is 141 cm³/mol. The van der Waals surface area contributed by atoms with Gasteiger partial charge in [-0.25, -0.2) is 4.79 Å². The average molecular weight is 517 g/mol. The maximum atomic E-state index is 12.7. The molecular weight excluding hydrogens is 484 g/mol. The lowest BCUT2D eigenvalue weighted by Gasteiger charge is -2.09. The minimum atomic E-state index is -0.422. The molecule has 10 heteroatoms. The number of nitrogens with zero attached hydrogens (tertiary/aromatic N) is 3. The number of rotatable bonds is 12. The van der Waals surface area contributed by atoms with Gasteiger partial charge in [0, 0.05) is 17.0 Å². The molecule has 0 bridgehead atoms. The van der Waals surface area contributed by atoms with Crippen molar-refractivity contribution in [2.24, 2.45) is 0 Å². The SMILES string of the molecule is CCCCOc1ccc(-c2nnc(SCC(=O)Nc3sc(C)c(C)c3C(=O)OCC)n2CC)cc1. The summed E-state index contributed by atoms with van der Waals surface area (Å²) in [5.74, 6) is 1.07. The molecule has 2 heterocycles. The van der Waals surface area contributed by atoms with Crippen molar-refractivity contribution in [1.82, 2.24) is 14.8 Å². The second-order valence-corrected chi connectivity index (χ2v) is 9.99. The number of hydrogen-bond donors (Lipinski definition) is 1. The zero-order chi connectivity index (χ0) is 25.4. The number of anilines is 1. The van der Waals surface area contributed by atoms with Gasteiger partial charge in [0.2, 0.25) is 5.91 Å². The Kier molecular flexibility index (Phi) is 9.73. The number of carbonyl (C=O) groups is 2. The van der Waals surface area contributed by atoms with Gasteiger partial charge in [0.15, 0.2) is 11.0 Å². The standard InChI is InChI=1S/C25H32N4O4S2/c1-6-9-14-33-19-12-10-18(11-13-19)22-27-28-25(29(22)7-2)34-15-20(30)26-23-21(24(31)32-8-3)16(4)17(5)35-23/h10-13H,6-9,14-15H2,1-5H3,(H,26,30). The maximum Gasteiger partial charge on any atom is 0.341 e. The summed E-state index contributed by atoms with van der Waals surface area (Å²) >= 11 is 2.68. The van der Waals surface area contributed by atoms with E-state index in [1.165, 1.54) is 23.1 Å². The monoisotopic (exact) mass is 516 g/mol. The van der Waals surface area contributed by atoms with Crippen LogP contribution in [-0.2, 0) is 16.1 Å². The van der Waals surface area contributed by atoms with Crippen molar-refractivity contribution in [3.8, 4) is 17.1 Å². The molecule has 2 aromatic heterocycles. The third-order valence-electron chi connectivity index (χ3n) is 5.36. The van der Waals surface area contributed by atoms with Gasteiger partial charge in [-0.1, -0.05) is 25.1 Å². The minimum Gasteiger partial charge on any atom is -0.494 e. The first kappa shape index (κ1) is 26.7. The van der Waals surface area contributed by atoms with Gasteiger partial charge in [0.05, 0.1) is 24.5 Å². The van der Waals surface area contributed by atoms with Gasteiger partial charge in [0.1, 0.15) is 10.8 Å². The summed E-state index contributed by atoms with van der Waals surface area (Å²) in [5, 5.41) is 12.7. The molecule has 0 saturated heterocycles. The molecule has 0 unspecified atom stereocenters. The molecule has 35 heavy (non-hydrogen) atoms. The molecule has 1 aromatic carbocycles. The van der Waals surface area contributed by atoms with E-state index < -0.39 is 5.97 Å². The van der Waals surface area contributed by atoms with E-state index in [9.17, 15) is 9.59 Å². The van der Waals surface area contributed by atoms with Crippen molar-refractivity contribution in [1.29, 1.82) is 0 Å². The molecule has 3 aromatic rings. The number of hydrogen-bond acceptors (Lipinski definition) is 8. The number of unbranched alkanes of at least 4 members (excludes halogenated alkanes) is 1. The first-order valence-electron chi connectivity index (χ1n) is 11.8. The van der Waals surface area contributed by atoms with Crippen LogP contribution in [0, 0.1) is 13.8 Å². The fourth-order valence-electron chi connectivity index (χ4n) is 3.39. The molecule has 8 nitrogen and oxygen atoms in total. The van der Waals surface area contributed by atoms with E-state index in [1.807, 2.05) is 49.6 Å². The van der Waals surface area contributed by atoms with Crippen molar-refractivity contribution >= 4 is 40.0 Å². The highest BCUT2D eigenvalue weighted by molar-refractivity contribution is 7.99. The molecule has 0 aliphatic heterocycles. The quantitative estimate of drug-likeness (QED) is 0.187. The van der Waals surface area contributed by atoms with Gasteiger partial charge in [-0.15, -0.1) is 21.5 Å². The molecule has 0 aliphatic rings. The summed E-state index contributed by atoms with van der Waals surface area (Å²) in [6.07, 6.45) is 2.12. The number of thiophene rings is 1. The van der Waals surface area contributed by atoms with Gasteiger partial charge in [-0.05, 0) is 63.9 Å². The van der Waals surface area contributed by atoms with Gasteiger partial charge in [-0.3, -0.25) is 4.79 Å². The molecule has 188 valence electrons. The van der Waals surface area contributed by atoms with Gasteiger partial charge < -0.3 is 19.4 Å². The number of carbonyl (C=O) groups excluding carboxylic acids is 2. The largest absolute Gasteiger partial charge is 0.494 e. The molecule has 0 spiro atoms. The van der Waals surface area contributed by atoms with Gasteiger partial charge in [0.25, 0.3) is 0 Å². The van der Waals surface area contributed by atoms with E-state index in [-0.39, 0.29) is 18.3 Å². The number of thioether (sulfide) groups is 1. The Morgan fingerprint density at radius 1 is 1.11 bits per heavy atom. The van der Waals surface area contributed by atoms with Crippen LogP contribution in [0.5, 0.6) is 5.75 Å². The number of ether oxygens (including phenoxy) is 2. The molecule has 0 radical (unpaired) electrons. The molecule has 0 fully saturated rings. The van der Waals surface area contributed by atoms with Crippen molar-refractivity contribution in [3.05, 3.63) is 40.3 Å². The minimum absolute atomic E-state index is 0.139. The molecule has 3 rings (SSSR count). The van der Waals surface area contributed by atoms with Crippen molar-refractivity contribution < 1.29 is 19.1 Å². The van der Waals surface area contributed by atoms with Crippen LogP contribution in [0.15, 0.2) is 29.4 Å². The Labute approximate surface area is 214 Å². The second kappa shape index (κ2) is 12.7. The number of esters is 1. The van der Waals surface area contributed by atoms with Crippen molar-refractivity contribution in [2.45, 2.75) is 59.2 Å². The predicted octanol–water partition coefficient (Wildman–Crippen LogP) is 5.73. The van der Waals surface area contributed by atoms with Crippen LogP contribution in [-0.4, -0.2) is 45.6 Å². The fraction of sp³-hybridized carbons (Fsp3) is 0.440. The normalized spacial score (nSPS) is 10.9. The number of aromatic nitrogens is 3. The van der Waals surface area contributed by atoms with Crippen LogP contribution in [0.25, 0.3) is 11.4 Å². The highest BCUT2D eigenvalue weighted by Gasteiger charge is 2.22. The number of benzene rings is 1. The summed E-state index contributed by atoms with van der Waals surface area (Å²) in [7, 11) is 0. The molecule has 0 aliphatic carbocycles. The zero-order valence-corrected chi connectivity index (χ0v) is 22.5. The smallest absolute Gasteiger partial charge is 0.341 e. The van der Waals surface area contributed by atoms with Crippen LogP contribution >= 0.6 is 23.1 Å².